The monoisotopic (exact) mass is 316 g/mol. The summed E-state index contributed by atoms with van der Waals surface area (Å²) in [7, 11) is 0. The van der Waals surface area contributed by atoms with Crippen molar-refractivity contribution < 1.29 is 22.7 Å². The number of Topliss-reactive ketones (excluding diaryl/α,β-unsaturated/α-hetero) is 1. The van der Waals surface area contributed by atoms with Gasteiger partial charge in [-0.1, -0.05) is 15.9 Å². The summed E-state index contributed by atoms with van der Waals surface area (Å²) in [4.78, 5) is 11.3. The molecule has 7 heteroatoms. The minimum atomic E-state index is -4.78. The Morgan fingerprint density at radius 3 is 2.56 bits per heavy atom. The summed E-state index contributed by atoms with van der Waals surface area (Å²) in [5.41, 5.74) is 0.0525. The smallest absolute Gasteiger partial charge is 0.406 e. The van der Waals surface area contributed by atoms with Crippen molar-refractivity contribution in [2.75, 3.05) is 5.88 Å². The van der Waals surface area contributed by atoms with Crippen molar-refractivity contribution in [2.45, 2.75) is 6.36 Å². The summed E-state index contributed by atoms with van der Waals surface area (Å²) in [6.07, 6.45) is -4.78. The fourth-order valence-corrected chi connectivity index (χ4v) is 1.60. The summed E-state index contributed by atoms with van der Waals surface area (Å²) >= 11 is 8.35. The Labute approximate surface area is 102 Å². The van der Waals surface area contributed by atoms with E-state index in [-0.39, 0.29) is 11.4 Å². The molecule has 0 spiro atoms. The number of ketones is 1. The number of carbonyl (C=O) groups is 1. The molecule has 1 rings (SSSR count). The first-order chi connectivity index (χ1) is 7.33. The lowest BCUT2D eigenvalue weighted by Gasteiger charge is -2.10. The van der Waals surface area contributed by atoms with Crippen LogP contribution < -0.4 is 4.74 Å². The summed E-state index contributed by atoms with van der Waals surface area (Å²) in [6.45, 7) is 0. The zero-order valence-electron chi connectivity index (χ0n) is 7.65. The Morgan fingerprint density at radius 1 is 1.44 bits per heavy atom. The molecule has 0 radical (unpaired) electrons. The molecule has 0 aliphatic heterocycles. The molecule has 0 atom stereocenters. The molecule has 0 N–H and O–H groups in total. The average Bonchev–Trinajstić information content (AvgIpc) is 2.18. The van der Waals surface area contributed by atoms with E-state index in [4.69, 9.17) is 11.6 Å². The van der Waals surface area contributed by atoms with Gasteiger partial charge in [0.1, 0.15) is 5.75 Å². The van der Waals surface area contributed by atoms with Gasteiger partial charge in [-0.25, -0.2) is 0 Å². The summed E-state index contributed by atoms with van der Waals surface area (Å²) in [5, 5.41) is 0. The number of carbonyl (C=O) groups excluding carboxylic acids is 1. The van der Waals surface area contributed by atoms with Gasteiger partial charge in [0.25, 0.3) is 0 Å². The molecule has 1 aromatic carbocycles. The van der Waals surface area contributed by atoms with Crippen LogP contribution in [0.15, 0.2) is 22.7 Å². The molecule has 0 aromatic heterocycles. The van der Waals surface area contributed by atoms with E-state index >= 15 is 0 Å². The van der Waals surface area contributed by atoms with Gasteiger partial charge in [0, 0.05) is 10.0 Å². The first-order valence-corrected chi connectivity index (χ1v) is 5.30. The maximum absolute atomic E-state index is 11.9. The molecular weight excluding hydrogens is 312 g/mol. The van der Waals surface area contributed by atoms with E-state index in [1.165, 1.54) is 6.07 Å². The minimum absolute atomic E-state index is 0.0525. The second-order valence-corrected chi connectivity index (χ2v) is 3.87. The van der Waals surface area contributed by atoms with Crippen molar-refractivity contribution in [2.24, 2.45) is 0 Å². The molecule has 88 valence electrons. The van der Waals surface area contributed by atoms with Gasteiger partial charge in [0.15, 0.2) is 5.78 Å². The standard InChI is InChI=1S/C9H5BrClF3O2/c10-7-2-1-5(16-9(12,13)14)3-6(7)8(15)4-11/h1-3H,4H2. The van der Waals surface area contributed by atoms with Crippen LogP contribution in [0.1, 0.15) is 10.4 Å². The van der Waals surface area contributed by atoms with Gasteiger partial charge < -0.3 is 4.74 Å². The van der Waals surface area contributed by atoms with E-state index in [0.29, 0.717) is 4.47 Å². The third kappa shape index (κ3) is 3.68. The molecule has 0 amide bonds. The normalized spacial score (nSPS) is 11.3. The number of ether oxygens (including phenoxy) is 1. The van der Waals surface area contributed by atoms with Gasteiger partial charge in [0.2, 0.25) is 0 Å². The lowest BCUT2D eigenvalue weighted by atomic mass is 10.1. The third-order valence-electron chi connectivity index (χ3n) is 1.59. The Bertz CT molecular complexity index is 406. The van der Waals surface area contributed by atoms with Crippen LogP contribution in [0.5, 0.6) is 5.75 Å². The first kappa shape index (κ1) is 13.3. The molecule has 0 saturated heterocycles. The lowest BCUT2D eigenvalue weighted by molar-refractivity contribution is -0.274. The van der Waals surface area contributed by atoms with Gasteiger partial charge in [0.05, 0.1) is 5.88 Å². The second kappa shape index (κ2) is 5.05. The van der Waals surface area contributed by atoms with Gasteiger partial charge >= 0.3 is 6.36 Å². The second-order valence-electron chi connectivity index (χ2n) is 2.75. The molecule has 0 aliphatic carbocycles. The van der Waals surface area contributed by atoms with E-state index in [1.807, 2.05) is 0 Å². The highest BCUT2D eigenvalue weighted by atomic mass is 79.9. The molecule has 2 nitrogen and oxygen atoms in total. The van der Waals surface area contributed by atoms with Crippen molar-refractivity contribution >= 4 is 33.3 Å². The Kier molecular flexibility index (Phi) is 4.21. The Hall–Kier alpha value is -0.750. The first-order valence-electron chi connectivity index (χ1n) is 3.98. The highest BCUT2D eigenvalue weighted by molar-refractivity contribution is 9.10. The van der Waals surface area contributed by atoms with E-state index < -0.39 is 17.9 Å². The minimum Gasteiger partial charge on any atom is -0.406 e. The van der Waals surface area contributed by atoms with Crippen molar-refractivity contribution in [3.8, 4) is 5.75 Å². The van der Waals surface area contributed by atoms with Crippen molar-refractivity contribution in [1.82, 2.24) is 0 Å². The van der Waals surface area contributed by atoms with Gasteiger partial charge in [-0.2, -0.15) is 0 Å². The van der Waals surface area contributed by atoms with Crippen LogP contribution >= 0.6 is 27.5 Å². The lowest BCUT2D eigenvalue weighted by Crippen LogP contribution is -2.17. The van der Waals surface area contributed by atoms with Crippen LogP contribution in [0.25, 0.3) is 0 Å². The largest absolute Gasteiger partial charge is 0.573 e. The van der Waals surface area contributed by atoms with E-state index in [1.54, 1.807) is 0 Å². The predicted molar refractivity (Wildman–Crippen MR) is 55.9 cm³/mol. The molecule has 0 aliphatic rings. The topological polar surface area (TPSA) is 26.3 Å². The maximum atomic E-state index is 11.9. The summed E-state index contributed by atoms with van der Waals surface area (Å²) in [6, 6.07) is 3.38. The van der Waals surface area contributed by atoms with Crippen LogP contribution in [-0.4, -0.2) is 18.0 Å². The van der Waals surface area contributed by atoms with Crippen LogP contribution in [0, 0.1) is 0 Å². The molecule has 0 heterocycles. The number of rotatable bonds is 3. The predicted octanol–water partition coefficient (Wildman–Crippen LogP) is 3.77. The molecular formula is C9H5BrClF3O2. The number of alkyl halides is 4. The van der Waals surface area contributed by atoms with Crippen LogP contribution in [-0.2, 0) is 0 Å². The zero-order valence-corrected chi connectivity index (χ0v) is 9.99. The summed E-state index contributed by atoms with van der Waals surface area (Å²) in [5.74, 6) is -1.25. The highest BCUT2D eigenvalue weighted by Gasteiger charge is 2.31. The van der Waals surface area contributed by atoms with Crippen molar-refractivity contribution in [1.29, 1.82) is 0 Å². The molecule has 0 saturated carbocycles. The number of benzene rings is 1. The third-order valence-corrected chi connectivity index (χ3v) is 2.53. The molecule has 0 fully saturated rings. The number of halogens is 5. The summed E-state index contributed by atoms with van der Waals surface area (Å²) < 4.78 is 39.8. The zero-order chi connectivity index (χ0) is 12.3. The van der Waals surface area contributed by atoms with Gasteiger partial charge in [-0.3, -0.25) is 4.79 Å². The maximum Gasteiger partial charge on any atom is 0.573 e. The molecule has 0 unspecified atom stereocenters. The van der Waals surface area contributed by atoms with E-state index in [9.17, 15) is 18.0 Å². The quantitative estimate of drug-likeness (QED) is 0.626. The highest BCUT2D eigenvalue weighted by Crippen LogP contribution is 2.27. The fraction of sp³-hybridized carbons (Fsp3) is 0.222. The Balaban J connectivity index is 3.03. The molecule has 16 heavy (non-hydrogen) atoms. The van der Waals surface area contributed by atoms with Crippen molar-refractivity contribution in [3.05, 3.63) is 28.2 Å². The SMILES string of the molecule is O=C(CCl)c1cc(OC(F)(F)F)ccc1Br. The van der Waals surface area contributed by atoms with Crippen molar-refractivity contribution in [3.63, 3.8) is 0 Å². The van der Waals surface area contributed by atoms with Crippen LogP contribution in [0.2, 0.25) is 0 Å². The van der Waals surface area contributed by atoms with E-state index in [2.05, 4.69) is 20.7 Å². The molecule has 0 bridgehead atoms. The average molecular weight is 317 g/mol. The van der Waals surface area contributed by atoms with Gasteiger partial charge in [-0.15, -0.1) is 24.8 Å². The van der Waals surface area contributed by atoms with E-state index in [0.717, 1.165) is 12.1 Å². The molecule has 1 aromatic rings. The number of hydrogen-bond acceptors (Lipinski definition) is 2. The number of hydrogen-bond donors (Lipinski definition) is 0. The fourth-order valence-electron chi connectivity index (χ4n) is 0.987. The van der Waals surface area contributed by atoms with Crippen LogP contribution in [0.3, 0.4) is 0 Å². The Morgan fingerprint density at radius 2 is 2.06 bits per heavy atom. The van der Waals surface area contributed by atoms with Gasteiger partial charge in [-0.05, 0) is 18.2 Å². The van der Waals surface area contributed by atoms with Crippen LogP contribution in [0.4, 0.5) is 13.2 Å².